The summed E-state index contributed by atoms with van der Waals surface area (Å²) in [4.78, 5) is 2.49. The van der Waals surface area contributed by atoms with Crippen LogP contribution in [0.1, 0.15) is 33.1 Å². The first-order valence-corrected chi connectivity index (χ1v) is 4.91. The Balaban J connectivity index is 2.03. The van der Waals surface area contributed by atoms with Gasteiger partial charge in [-0.2, -0.15) is 0 Å². The van der Waals surface area contributed by atoms with Crippen LogP contribution in [0.2, 0.25) is 0 Å². The van der Waals surface area contributed by atoms with E-state index in [0.29, 0.717) is 0 Å². The van der Waals surface area contributed by atoms with Gasteiger partial charge in [0, 0.05) is 13.1 Å². The molecule has 66 valence electrons. The van der Waals surface area contributed by atoms with Crippen LogP contribution in [0.15, 0.2) is 0 Å². The molecule has 11 heavy (non-hydrogen) atoms. The summed E-state index contributed by atoms with van der Waals surface area (Å²) in [6.45, 7) is 7.23. The van der Waals surface area contributed by atoms with Crippen molar-refractivity contribution in [2.24, 2.45) is 11.8 Å². The summed E-state index contributed by atoms with van der Waals surface area (Å²) in [6.07, 6.45) is 4.27. The SMILES string of the molecule is CC[C@@H](C)CN(C)CC1CC1. The van der Waals surface area contributed by atoms with Gasteiger partial charge in [-0.3, -0.25) is 0 Å². The maximum absolute atomic E-state index is 2.49. The van der Waals surface area contributed by atoms with Crippen LogP contribution in [0.25, 0.3) is 0 Å². The third-order valence-corrected chi connectivity index (χ3v) is 2.59. The molecule has 0 aliphatic heterocycles. The lowest BCUT2D eigenvalue weighted by molar-refractivity contribution is 0.272. The highest BCUT2D eigenvalue weighted by molar-refractivity contribution is 4.76. The Bertz CT molecular complexity index is 107. The Kier molecular flexibility index (Phi) is 3.38. The van der Waals surface area contributed by atoms with Crippen molar-refractivity contribution in [3.05, 3.63) is 0 Å². The predicted molar refractivity (Wildman–Crippen MR) is 49.7 cm³/mol. The molecule has 1 aliphatic rings. The molecule has 1 atom stereocenters. The number of hydrogen-bond acceptors (Lipinski definition) is 1. The third-order valence-electron chi connectivity index (χ3n) is 2.59. The highest BCUT2D eigenvalue weighted by Gasteiger charge is 2.22. The van der Waals surface area contributed by atoms with Crippen molar-refractivity contribution in [1.29, 1.82) is 0 Å². The van der Waals surface area contributed by atoms with Gasteiger partial charge in [0.2, 0.25) is 0 Å². The van der Waals surface area contributed by atoms with Crippen molar-refractivity contribution < 1.29 is 0 Å². The van der Waals surface area contributed by atoms with E-state index in [0.717, 1.165) is 11.8 Å². The van der Waals surface area contributed by atoms with Gasteiger partial charge in [-0.1, -0.05) is 20.3 Å². The fraction of sp³-hybridized carbons (Fsp3) is 1.00. The van der Waals surface area contributed by atoms with E-state index in [1.165, 1.54) is 32.4 Å². The second-order valence-electron chi connectivity index (χ2n) is 4.18. The molecule has 0 saturated heterocycles. The van der Waals surface area contributed by atoms with Crippen LogP contribution in [0.4, 0.5) is 0 Å². The van der Waals surface area contributed by atoms with Crippen LogP contribution in [0.3, 0.4) is 0 Å². The highest BCUT2D eigenvalue weighted by atomic mass is 15.1. The lowest BCUT2D eigenvalue weighted by Gasteiger charge is -2.19. The van der Waals surface area contributed by atoms with Gasteiger partial charge in [0.05, 0.1) is 0 Å². The van der Waals surface area contributed by atoms with Crippen LogP contribution < -0.4 is 0 Å². The first-order valence-electron chi connectivity index (χ1n) is 4.91. The van der Waals surface area contributed by atoms with Gasteiger partial charge < -0.3 is 4.90 Å². The van der Waals surface area contributed by atoms with Crippen molar-refractivity contribution in [3.8, 4) is 0 Å². The van der Waals surface area contributed by atoms with Crippen molar-refractivity contribution in [2.45, 2.75) is 33.1 Å². The molecule has 1 nitrogen and oxygen atoms in total. The van der Waals surface area contributed by atoms with Gasteiger partial charge in [0.15, 0.2) is 0 Å². The minimum Gasteiger partial charge on any atom is -0.306 e. The van der Waals surface area contributed by atoms with Crippen LogP contribution in [-0.2, 0) is 0 Å². The standard InChI is InChI=1S/C10H21N/c1-4-9(2)7-11(3)8-10-5-6-10/h9-10H,4-8H2,1-3H3/t9-/m1/s1. The quantitative estimate of drug-likeness (QED) is 0.589. The summed E-state index contributed by atoms with van der Waals surface area (Å²) in [5, 5.41) is 0. The molecule has 0 radical (unpaired) electrons. The van der Waals surface area contributed by atoms with E-state index in [-0.39, 0.29) is 0 Å². The van der Waals surface area contributed by atoms with Gasteiger partial charge in [-0.05, 0) is 31.7 Å². The van der Waals surface area contributed by atoms with E-state index in [1.54, 1.807) is 0 Å². The number of rotatable bonds is 5. The molecule has 0 aromatic rings. The Hall–Kier alpha value is -0.0400. The number of hydrogen-bond donors (Lipinski definition) is 0. The van der Waals surface area contributed by atoms with Crippen molar-refractivity contribution >= 4 is 0 Å². The smallest absolute Gasteiger partial charge is 0.000672 e. The molecule has 1 heteroatoms. The van der Waals surface area contributed by atoms with E-state index in [9.17, 15) is 0 Å². The van der Waals surface area contributed by atoms with E-state index in [1.807, 2.05) is 0 Å². The normalized spacial score (nSPS) is 20.7. The van der Waals surface area contributed by atoms with E-state index >= 15 is 0 Å². The molecule has 0 aromatic heterocycles. The summed E-state index contributed by atoms with van der Waals surface area (Å²) >= 11 is 0. The molecule has 0 unspecified atom stereocenters. The molecule has 0 amide bonds. The van der Waals surface area contributed by atoms with Crippen LogP contribution >= 0.6 is 0 Å². The van der Waals surface area contributed by atoms with Crippen LogP contribution in [-0.4, -0.2) is 25.0 Å². The topological polar surface area (TPSA) is 3.24 Å². The van der Waals surface area contributed by atoms with Crippen LogP contribution in [0, 0.1) is 11.8 Å². The largest absolute Gasteiger partial charge is 0.306 e. The first-order chi connectivity index (χ1) is 5.22. The molecule has 1 rings (SSSR count). The Morgan fingerprint density at radius 1 is 1.45 bits per heavy atom. The van der Waals surface area contributed by atoms with E-state index in [2.05, 4.69) is 25.8 Å². The van der Waals surface area contributed by atoms with Gasteiger partial charge in [0.25, 0.3) is 0 Å². The fourth-order valence-electron chi connectivity index (χ4n) is 1.48. The lowest BCUT2D eigenvalue weighted by Crippen LogP contribution is -2.26. The van der Waals surface area contributed by atoms with Crippen molar-refractivity contribution in [3.63, 3.8) is 0 Å². The lowest BCUT2D eigenvalue weighted by atomic mass is 10.1. The molecule has 0 aromatic carbocycles. The minimum atomic E-state index is 0.874. The molecule has 0 spiro atoms. The van der Waals surface area contributed by atoms with Crippen LogP contribution in [0.5, 0.6) is 0 Å². The number of nitrogens with zero attached hydrogens (tertiary/aromatic N) is 1. The summed E-state index contributed by atoms with van der Waals surface area (Å²) in [7, 11) is 2.25. The molecule has 0 N–H and O–H groups in total. The zero-order valence-electron chi connectivity index (χ0n) is 8.14. The summed E-state index contributed by atoms with van der Waals surface area (Å²) < 4.78 is 0. The Morgan fingerprint density at radius 2 is 2.09 bits per heavy atom. The molecular formula is C10H21N. The average molecular weight is 155 g/mol. The molecule has 0 bridgehead atoms. The minimum absolute atomic E-state index is 0.874. The molecule has 1 saturated carbocycles. The zero-order valence-corrected chi connectivity index (χ0v) is 8.14. The Morgan fingerprint density at radius 3 is 2.55 bits per heavy atom. The summed E-state index contributed by atoms with van der Waals surface area (Å²) in [6, 6.07) is 0. The second-order valence-corrected chi connectivity index (χ2v) is 4.18. The maximum atomic E-state index is 2.49. The van der Waals surface area contributed by atoms with Crippen molar-refractivity contribution in [2.75, 3.05) is 20.1 Å². The third kappa shape index (κ3) is 3.76. The molecule has 0 heterocycles. The van der Waals surface area contributed by atoms with Crippen molar-refractivity contribution in [1.82, 2.24) is 4.90 Å². The summed E-state index contributed by atoms with van der Waals surface area (Å²) in [5.74, 6) is 1.92. The first kappa shape index (κ1) is 9.05. The van der Waals surface area contributed by atoms with Gasteiger partial charge >= 0.3 is 0 Å². The maximum Gasteiger partial charge on any atom is 0.000672 e. The van der Waals surface area contributed by atoms with Gasteiger partial charge in [-0.25, -0.2) is 0 Å². The van der Waals surface area contributed by atoms with Gasteiger partial charge in [-0.15, -0.1) is 0 Å². The Labute approximate surface area is 70.8 Å². The summed E-state index contributed by atoms with van der Waals surface area (Å²) in [5.41, 5.74) is 0. The fourth-order valence-corrected chi connectivity index (χ4v) is 1.48. The van der Waals surface area contributed by atoms with E-state index < -0.39 is 0 Å². The predicted octanol–water partition coefficient (Wildman–Crippen LogP) is 2.37. The average Bonchev–Trinajstić information content (AvgIpc) is 2.71. The second kappa shape index (κ2) is 4.10. The molecule has 1 aliphatic carbocycles. The molecular weight excluding hydrogens is 134 g/mol. The highest BCUT2D eigenvalue weighted by Crippen LogP contribution is 2.29. The monoisotopic (exact) mass is 155 g/mol. The van der Waals surface area contributed by atoms with E-state index in [4.69, 9.17) is 0 Å². The molecule has 1 fully saturated rings. The zero-order chi connectivity index (χ0) is 8.27. The van der Waals surface area contributed by atoms with Gasteiger partial charge in [0.1, 0.15) is 0 Å².